The van der Waals surface area contributed by atoms with Crippen molar-refractivity contribution in [2.75, 3.05) is 13.2 Å². The van der Waals surface area contributed by atoms with Crippen LogP contribution in [-0.2, 0) is 28.6 Å². The quantitative estimate of drug-likeness (QED) is 0.0279. The molecule has 1 atom stereocenters. The van der Waals surface area contributed by atoms with Crippen LogP contribution in [0.5, 0.6) is 0 Å². The van der Waals surface area contributed by atoms with Gasteiger partial charge in [-0.15, -0.1) is 0 Å². The highest BCUT2D eigenvalue weighted by atomic mass is 16.6. The van der Waals surface area contributed by atoms with E-state index in [1.807, 2.05) is 12.2 Å². The largest absolute Gasteiger partial charge is 0.462 e. The van der Waals surface area contributed by atoms with Gasteiger partial charge in [-0.05, 0) is 77.0 Å². The Morgan fingerprint density at radius 1 is 0.415 bits per heavy atom. The van der Waals surface area contributed by atoms with Crippen LogP contribution >= 0.6 is 0 Å². The summed E-state index contributed by atoms with van der Waals surface area (Å²) in [5.74, 6) is -1.22. The number of carbonyl (C=O) groups excluding carboxylic acids is 3. The molecule has 0 N–H and O–H groups in total. The molecular formula is C47H74O6. The van der Waals surface area contributed by atoms with Gasteiger partial charge in [0.05, 0.1) is 12.8 Å². The normalized spacial score (nSPS) is 13.0. The molecule has 0 aliphatic heterocycles. The van der Waals surface area contributed by atoms with Crippen LogP contribution in [0, 0.1) is 0 Å². The molecular weight excluding hydrogens is 661 g/mol. The van der Waals surface area contributed by atoms with Crippen molar-refractivity contribution < 1.29 is 28.6 Å². The second kappa shape index (κ2) is 41.1. The maximum absolute atomic E-state index is 12.5. The lowest BCUT2D eigenvalue weighted by Gasteiger charge is -2.17. The summed E-state index contributed by atoms with van der Waals surface area (Å²) in [6, 6.07) is 0. The van der Waals surface area contributed by atoms with Crippen molar-refractivity contribution in [2.45, 2.75) is 168 Å². The smallest absolute Gasteiger partial charge is 0.310 e. The van der Waals surface area contributed by atoms with E-state index in [1.165, 1.54) is 51.4 Å². The summed E-state index contributed by atoms with van der Waals surface area (Å²) in [6.07, 6.45) is 53.2. The zero-order chi connectivity index (χ0) is 38.7. The average molecular weight is 735 g/mol. The van der Waals surface area contributed by atoms with Gasteiger partial charge in [-0.25, -0.2) is 0 Å². The zero-order valence-electron chi connectivity index (χ0n) is 33.7. The minimum Gasteiger partial charge on any atom is -0.462 e. The van der Waals surface area contributed by atoms with E-state index in [1.54, 1.807) is 12.2 Å². The second-order valence-corrected chi connectivity index (χ2v) is 13.2. The molecule has 0 fully saturated rings. The van der Waals surface area contributed by atoms with Gasteiger partial charge in [-0.2, -0.15) is 0 Å². The summed E-state index contributed by atoms with van der Waals surface area (Å²) in [5, 5.41) is 0. The van der Waals surface area contributed by atoms with E-state index in [2.05, 4.69) is 93.7 Å². The van der Waals surface area contributed by atoms with Gasteiger partial charge in [0, 0.05) is 6.42 Å². The Morgan fingerprint density at radius 3 is 1.32 bits per heavy atom. The average Bonchev–Trinajstić information content (AvgIpc) is 3.15. The van der Waals surface area contributed by atoms with Crippen LogP contribution in [0.3, 0.4) is 0 Å². The Labute approximate surface area is 324 Å². The number of esters is 3. The summed E-state index contributed by atoms with van der Waals surface area (Å²) in [6.45, 7) is 6.13. The van der Waals surface area contributed by atoms with Crippen LogP contribution in [0.4, 0.5) is 0 Å². The van der Waals surface area contributed by atoms with E-state index < -0.39 is 18.0 Å². The number of hydrogen-bond acceptors (Lipinski definition) is 6. The Balaban J connectivity index is 4.47. The predicted octanol–water partition coefficient (Wildman–Crippen LogP) is 13.1. The highest BCUT2D eigenvalue weighted by Crippen LogP contribution is 2.11. The third-order valence-corrected chi connectivity index (χ3v) is 8.12. The molecule has 0 rings (SSSR count). The maximum atomic E-state index is 12.5. The topological polar surface area (TPSA) is 78.9 Å². The molecule has 0 aliphatic rings. The van der Waals surface area contributed by atoms with Crippen LogP contribution in [0.2, 0.25) is 0 Å². The fraction of sp³-hybridized carbons (Fsp3) is 0.596. The molecule has 0 spiro atoms. The molecule has 298 valence electrons. The van der Waals surface area contributed by atoms with Gasteiger partial charge in [-0.3, -0.25) is 14.4 Å². The van der Waals surface area contributed by atoms with Crippen molar-refractivity contribution in [2.24, 2.45) is 0 Å². The minimum atomic E-state index is -0.862. The number of unbranched alkanes of at least 4 members (excludes halogenated alkanes) is 10. The summed E-state index contributed by atoms with van der Waals surface area (Å²) >= 11 is 0. The van der Waals surface area contributed by atoms with E-state index in [0.717, 1.165) is 70.6 Å². The van der Waals surface area contributed by atoms with E-state index in [4.69, 9.17) is 14.2 Å². The third kappa shape index (κ3) is 39.4. The summed E-state index contributed by atoms with van der Waals surface area (Å²) in [4.78, 5) is 37.4. The first kappa shape index (κ1) is 49.3. The molecule has 1 unspecified atom stereocenters. The van der Waals surface area contributed by atoms with E-state index in [-0.39, 0.29) is 32.0 Å². The SMILES string of the molecule is CC/C=C\C/C=C\C/C=C\CC(=O)OCC(COC(=O)CCCCCCCCC/C=C\C/C=C\CCCCC)OC(=O)C/C=C\C/C=C\C/C=C\CC. The first-order valence-electron chi connectivity index (χ1n) is 20.7. The fourth-order valence-electron chi connectivity index (χ4n) is 5.06. The highest BCUT2D eigenvalue weighted by Gasteiger charge is 2.19. The molecule has 0 amide bonds. The molecule has 6 nitrogen and oxygen atoms in total. The predicted molar refractivity (Wildman–Crippen MR) is 224 cm³/mol. The van der Waals surface area contributed by atoms with Crippen molar-refractivity contribution in [3.8, 4) is 0 Å². The van der Waals surface area contributed by atoms with Crippen molar-refractivity contribution in [3.63, 3.8) is 0 Å². The lowest BCUT2D eigenvalue weighted by atomic mass is 10.1. The second-order valence-electron chi connectivity index (χ2n) is 13.2. The molecule has 0 saturated carbocycles. The lowest BCUT2D eigenvalue weighted by molar-refractivity contribution is -0.166. The standard InChI is InChI=1S/C47H74O6/c1-4-7-10-13-16-19-20-21-22-23-24-25-26-29-31-34-37-40-46(49)52-43-44(53-47(50)41-38-35-32-28-18-15-12-9-6-3)42-51-45(48)39-36-33-30-27-17-14-11-8-5-2/h8-9,11-12,16-19,21-22,27-28,33,35-36,38,44H,4-7,10,13-15,20,23-26,29-32,34,37,39-43H2,1-3H3/b11-8-,12-9-,19-16-,22-21-,27-17-,28-18-,36-33-,38-35-. The van der Waals surface area contributed by atoms with Crippen LogP contribution in [0.25, 0.3) is 0 Å². The van der Waals surface area contributed by atoms with Gasteiger partial charge < -0.3 is 14.2 Å². The van der Waals surface area contributed by atoms with Crippen molar-refractivity contribution >= 4 is 17.9 Å². The van der Waals surface area contributed by atoms with Gasteiger partial charge >= 0.3 is 17.9 Å². The van der Waals surface area contributed by atoms with Crippen LogP contribution < -0.4 is 0 Å². The zero-order valence-corrected chi connectivity index (χ0v) is 33.7. The van der Waals surface area contributed by atoms with Gasteiger partial charge in [0.15, 0.2) is 6.10 Å². The van der Waals surface area contributed by atoms with Crippen LogP contribution in [0.15, 0.2) is 97.2 Å². The molecule has 53 heavy (non-hydrogen) atoms. The third-order valence-electron chi connectivity index (χ3n) is 8.12. The van der Waals surface area contributed by atoms with Gasteiger partial charge in [-0.1, -0.05) is 163 Å². The van der Waals surface area contributed by atoms with Crippen molar-refractivity contribution in [3.05, 3.63) is 97.2 Å². The summed E-state index contributed by atoms with van der Waals surface area (Å²) in [5.41, 5.74) is 0. The van der Waals surface area contributed by atoms with Gasteiger partial charge in [0.2, 0.25) is 0 Å². The van der Waals surface area contributed by atoms with Gasteiger partial charge in [0.25, 0.3) is 0 Å². The number of allylic oxidation sites excluding steroid dienone is 14. The Bertz CT molecular complexity index is 1120. The van der Waals surface area contributed by atoms with Crippen molar-refractivity contribution in [1.29, 1.82) is 0 Å². The van der Waals surface area contributed by atoms with E-state index in [0.29, 0.717) is 6.42 Å². The number of carbonyl (C=O) groups is 3. The maximum Gasteiger partial charge on any atom is 0.310 e. The Kier molecular flexibility index (Phi) is 38.2. The van der Waals surface area contributed by atoms with Crippen LogP contribution in [0.1, 0.15) is 162 Å². The van der Waals surface area contributed by atoms with Gasteiger partial charge in [0.1, 0.15) is 13.2 Å². The number of hydrogen-bond donors (Lipinski definition) is 0. The molecule has 0 aromatic rings. The minimum absolute atomic E-state index is 0.0833. The Morgan fingerprint density at radius 2 is 0.811 bits per heavy atom. The molecule has 0 heterocycles. The van der Waals surface area contributed by atoms with Crippen LogP contribution in [-0.4, -0.2) is 37.2 Å². The number of ether oxygens (including phenoxy) is 3. The monoisotopic (exact) mass is 735 g/mol. The van der Waals surface area contributed by atoms with E-state index in [9.17, 15) is 14.4 Å². The highest BCUT2D eigenvalue weighted by molar-refractivity contribution is 5.72. The van der Waals surface area contributed by atoms with E-state index >= 15 is 0 Å². The molecule has 6 heteroatoms. The summed E-state index contributed by atoms with van der Waals surface area (Å²) < 4.78 is 16.4. The molecule has 0 saturated heterocycles. The first-order chi connectivity index (χ1) is 26.0. The molecule has 0 aliphatic carbocycles. The number of rotatable bonds is 35. The molecule has 0 aromatic carbocycles. The Hall–Kier alpha value is -3.67. The fourth-order valence-corrected chi connectivity index (χ4v) is 5.06. The lowest BCUT2D eigenvalue weighted by Crippen LogP contribution is -2.30. The first-order valence-corrected chi connectivity index (χ1v) is 20.7. The van der Waals surface area contributed by atoms with Crippen molar-refractivity contribution in [1.82, 2.24) is 0 Å². The molecule has 0 bridgehead atoms. The molecule has 0 radical (unpaired) electrons. The summed E-state index contributed by atoms with van der Waals surface area (Å²) in [7, 11) is 0. The molecule has 0 aromatic heterocycles.